The molecule has 0 aromatic rings. The first-order valence-electron chi connectivity index (χ1n) is 5.22. The van der Waals surface area contributed by atoms with E-state index in [0.717, 1.165) is 18.1 Å². The Bertz CT molecular complexity index is 250. The van der Waals surface area contributed by atoms with Gasteiger partial charge in [-0.15, -0.1) is 6.58 Å². The molecule has 0 saturated heterocycles. The first kappa shape index (κ1) is 15.0. The SMILES string of the molecule is C=CCSCCNCCS(=O)(=O)CCC. The molecule has 1 N–H and O–H groups in total. The van der Waals surface area contributed by atoms with Gasteiger partial charge in [0.2, 0.25) is 0 Å². The number of nitrogens with one attached hydrogen (secondary N) is 1. The van der Waals surface area contributed by atoms with E-state index in [9.17, 15) is 8.42 Å². The van der Waals surface area contributed by atoms with E-state index < -0.39 is 9.84 Å². The fourth-order valence-electron chi connectivity index (χ4n) is 1.08. The van der Waals surface area contributed by atoms with Crippen LogP contribution in [0.25, 0.3) is 0 Å². The zero-order valence-corrected chi connectivity index (χ0v) is 11.0. The Labute approximate surface area is 97.6 Å². The van der Waals surface area contributed by atoms with Crippen molar-refractivity contribution in [1.82, 2.24) is 5.32 Å². The second-order valence-electron chi connectivity index (χ2n) is 3.27. The summed E-state index contributed by atoms with van der Waals surface area (Å²) in [6.45, 7) is 6.94. The van der Waals surface area contributed by atoms with Gasteiger partial charge in [-0.2, -0.15) is 11.8 Å². The van der Waals surface area contributed by atoms with Gasteiger partial charge in [0.25, 0.3) is 0 Å². The summed E-state index contributed by atoms with van der Waals surface area (Å²) in [7, 11) is -2.81. The highest BCUT2D eigenvalue weighted by atomic mass is 32.2. The van der Waals surface area contributed by atoms with E-state index in [1.807, 2.05) is 13.0 Å². The molecular weight excluding hydrogens is 230 g/mol. The summed E-state index contributed by atoms with van der Waals surface area (Å²) in [6.07, 6.45) is 2.58. The van der Waals surface area contributed by atoms with Crippen LogP contribution in [0.3, 0.4) is 0 Å². The molecule has 0 rings (SSSR count). The molecule has 0 unspecified atom stereocenters. The second kappa shape index (κ2) is 9.24. The lowest BCUT2D eigenvalue weighted by Crippen LogP contribution is -2.26. The molecule has 0 aliphatic heterocycles. The van der Waals surface area contributed by atoms with Gasteiger partial charge in [0.05, 0.1) is 5.75 Å². The van der Waals surface area contributed by atoms with Crippen molar-refractivity contribution in [2.24, 2.45) is 0 Å². The van der Waals surface area contributed by atoms with Crippen molar-refractivity contribution in [3.63, 3.8) is 0 Å². The molecule has 0 aliphatic rings. The van der Waals surface area contributed by atoms with Crippen LogP contribution >= 0.6 is 11.8 Å². The molecule has 0 bridgehead atoms. The van der Waals surface area contributed by atoms with Crippen LogP contribution in [-0.2, 0) is 9.84 Å². The lowest BCUT2D eigenvalue weighted by Gasteiger charge is -2.04. The Balaban J connectivity index is 3.34. The number of thioether (sulfide) groups is 1. The normalized spacial score (nSPS) is 11.5. The standard InChI is InChI=1S/C10H21NO2S2/c1-3-7-14-8-5-11-6-10-15(12,13)9-4-2/h3,11H,1,4-10H2,2H3. The van der Waals surface area contributed by atoms with Gasteiger partial charge in [0, 0.05) is 30.3 Å². The van der Waals surface area contributed by atoms with Crippen molar-refractivity contribution in [1.29, 1.82) is 0 Å². The average Bonchev–Trinajstić information content (AvgIpc) is 2.16. The van der Waals surface area contributed by atoms with Gasteiger partial charge < -0.3 is 5.32 Å². The molecule has 0 aliphatic carbocycles. The highest BCUT2D eigenvalue weighted by Gasteiger charge is 2.07. The summed E-state index contributed by atoms with van der Waals surface area (Å²) in [5.74, 6) is 2.52. The van der Waals surface area contributed by atoms with Gasteiger partial charge in [-0.3, -0.25) is 0 Å². The Morgan fingerprint density at radius 3 is 2.67 bits per heavy atom. The van der Waals surface area contributed by atoms with E-state index in [1.54, 1.807) is 11.8 Å². The topological polar surface area (TPSA) is 46.2 Å². The lowest BCUT2D eigenvalue weighted by atomic mass is 10.6. The van der Waals surface area contributed by atoms with Gasteiger partial charge in [0.1, 0.15) is 0 Å². The first-order valence-corrected chi connectivity index (χ1v) is 8.19. The third-order valence-corrected chi connectivity index (χ3v) is 4.58. The Kier molecular flexibility index (Phi) is 9.24. The maximum absolute atomic E-state index is 11.3. The number of rotatable bonds is 10. The maximum Gasteiger partial charge on any atom is 0.151 e. The van der Waals surface area contributed by atoms with E-state index in [-0.39, 0.29) is 5.75 Å². The van der Waals surface area contributed by atoms with Crippen molar-refractivity contribution in [2.75, 3.05) is 36.1 Å². The fraction of sp³-hybridized carbons (Fsp3) is 0.800. The molecule has 0 saturated carbocycles. The summed E-state index contributed by atoms with van der Waals surface area (Å²) in [5, 5.41) is 3.12. The van der Waals surface area contributed by atoms with Crippen molar-refractivity contribution in [3.05, 3.63) is 12.7 Å². The van der Waals surface area contributed by atoms with E-state index in [1.165, 1.54) is 0 Å². The summed E-state index contributed by atoms with van der Waals surface area (Å²) >= 11 is 1.79. The van der Waals surface area contributed by atoms with Crippen LogP contribution in [0.5, 0.6) is 0 Å². The summed E-state index contributed by atoms with van der Waals surface area (Å²) < 4.78 is 22.6. The molecule has 5 heteroatoms. The Morgan fingerprint density at radius 2 is 2.07 bits per heavy atom. The van der Waals surface area contributed by atoms with Crippen LogP contribution in [0.2, 0.25) is 0 Å². The molecule has 3 nitrogen and oxygen atoms in total. The fourth-order valence-corrected chi connectivity index (χ4v) is 2.98. The molecule has 0 atom stereocenters. The Hall–Kier alpha value is -0.0000000000000000555. The van der Waals surface area contributed by atoms with Crippen LogP contribution in [-0.4, -0.2) is 44.5 Å². The number of hydrogen-bond donors (Lipinski definition) is 1. The van der Waals surface area contributed by atoms with E-state index in [2.05, 4.69) is 11.9 Å². The Morgan fingerprint density at radius 1 is 1.33 bits per heavy atom. The van der Waals surface area contributed by atoms with Crippen LogP contribution in [0.4, 0.5) is 0 Å². The highest BCUT2D eigenvalue weighted by molar-refractivity contribution is 7.99. The predicted molar refractivity (Wildman–Crippen MR) is 69.3 cm³/mol. The first-order chi connectivity index (χ1) is 7.12. The van der Waals surface area contributed by atoms with Crippen LogP contribution < -0.4 is 5.32 Å². The van der Waals surface area contributed by atoms with E-state index in [4.69, 9.17) is 0 Å². The molecule has 0 amide bonds. The zero-order valence-electron chi connectivity index (χ0n) is 9.37. The smallest absolute Gasteiger partial charge is 0.151 e. The molecule has 15 heavy (non-hydrogen) atoms. The van der Waals surface area contributed by atoms with Crippen molar-refractivity contribution < 1.29 is 8.42 Å². The van der Waals surface area contributed by atoms with Crippen molar-refractivity contribution in [2.45, 2.75) is 13.3 Å². The molecule has 0 heterocycles. The molecule has 0 radical (unpaired) electrons. The molecular formula is C10H21NO2S2. The van der Waals surface area contributed by atoms with E-state index >= 15 is 0 Å². The van der Waals surface area contributed by atoms with Gasteiger partial charge in [-0.1, -0.05) is 13.0 Å². The van der Waals surface area contributed by atoms with Crippen LogP contribution in [0.15, 0.2) is 12.7 Å². The summed E-state index contributed by atoms with van der Waals surface area (Å²) in [6, 6.07) is 0. The minimum absolute atomic E-state index is 0.257. The van der Waals surface area contributed by atoms with Crippen LogP contribution in [0.1, 0.15) is 13.3 Å². The third-order valence-electron chi connectivity index (χ3n) is 1.76. The molecule has 0 aromatic heterocycles. The second-order valence-corrected chi connectivity index (χ2v) is 6.72. The van der Waals surface area contributed by atoms with Crippen molar-refractivity contribution >= 4 is 21.6 Å². The van der Waals surface area contributed by atoms with Gasteiger partial charge >= 0.3 is 0 Å². The average molecular weight is 251 g/mol. The van der Waals surface area contributed by atoms with Gasteiger partial charge in [-0.25, -0.2) is 8.42 Å². The minimum atomic E-state index is -2.81. The van der Waals surface area contributed by atoms with Crippen molar-refractivity contribution in [3.8, 4) is 0 Å². The molecule has 90 valence electrons. The highest BCUT2D eigenvalue weighted by Crippen LogP contribution is 1.97. The summed E-state index contributed by atoms with van der Waals surface area (Å²) in [5.41, 5.74) is 0. The van der Waals surface area contributed by atoms with Gasteiger partial charge in [0.15, 0.2) is 9.84 Å². The van der Waals surface area contributed by atoms with E-state index in [0.29, 0.717) is 18.7 Å². The predicted octanol–water partition coefficient (Wildman–Crippen LogP) is 1.32. The number of hydrogen-bond acceptors (Lipinski definition) is 4. The third kappa shape index (κ3) is 10.3. The monoisotopic (exact) mass is 251 g/mol. The molecule has 0 spiro atoms. The maximum atomic E-state index is 11.3. The van der Waals surface area contributed by atoms with Gasteiger partial charge in [-0.05, 0) is 6.42 Å². The molecule has 0 fully saturated rings. The largest absolute Gasteiger partial charge is 0.315 e. The summed E-state index contributed by atoms with van der Waals surface area (Å²) in [4.78, 5) is 0. The minimum Gasteiger partial charge on any atom is -0.315 e. The zero-order chi connectivity index (χ0) is 11.6. The molecule has 0 aromatic carbocycles. The van der Waals surface area contributed by atoms with Crippen LogP contribution in [0, 0.1) is 0 Å². The number of sulfone groups is 1. The quantitative estimate of drug-likeness (QED) is 0.470. The lowest BCUT2D eigenvalue weighted by molar-refractivity contribution is 0.591.